The Bertz CT molecular complexity index is 607. The summed E-state index contributed by atoms with van der Waals surface area (Å²) in [6.45, 7) is 2.50. The van der Waals surface area contributed by atoms with Gasteiger partial charge in [-0.25, -0.2) is 0 Å². The Morgan fingerprint density at radius 2 is 1.95 bits per heavy atom. The largest absolute Gasteiger partial charge is 0.417 e. The molecule has 8 heteroatoms. The zero-order chi connectivity index (χ0) is 14.2. The van der Waals surface area contributed by atoms with E-state index in [1.54, 1.807) is 16.9 Å². The molecule has 0 aliphatic carbocycles. The Morgan fingerprint density at radius 1 is 1.24 bits per heavy atom. The molecule has 2 heterocycles. The number of hydrogen-bond donors (Lipinski definition) is 1. The highest BCUT2D eigenvalue weighted by atomic mass is 35.5. The summed E-state index contributed by atoms with van der Waals surface area (Å²) in [4.78, 5) is 0. The number of nitrogens with one attached hydrogen (secondary N) is 1. The molecule has 0 unspecified atom stereocenters. The van der Waals surface area contributed by atoms with Gasteiger partial charge in [-0.2, -0.15) is 13.2 Å². The monoisotopic (exact) mass is 318 g/mol. The smallest absolute Gasteiger partial charge is 0.316 e. The molecule has 4 nitrogen and oxygen atoms in total. The van der Waals surface area contributed by atoms with Gasteiger partial charge in [-0.05, 0) is 6.07 Å². The normalized spacial score (nSPS) is 15.4. The summed E-state index contributed by atoms with van der Waals surface area (Å²) in [5.74, 6) is 0.474. The van der Waals surface area contributed by atoms with Crippen LogP contribution in [0.2, 0.25) is 0 Å². The van der Waals surface area contributed by atoms with E-state index in [2.05, 4.69) is 15.6 Å². The van der Waals surface area contributed by atoms with Crippen LogP contribution in [-0.2, 0) is 12.7 Å². The fraction of sp³-hybridized carbons (Fsp3) is 0.385. The minimum Gasteiger partial charge on any atom is -0.316 e. The number of rotatable bonds is 3. The molecule has 0 atom stereocenters. The van der Waals surface area contributed by atoms with Gasteiger partial charge in [0.2, 0.25) is 0 Å². The zero-order valence-electron chi connectivity index (χ0n) is 11.0. The lowest BCUT2D eigenvalue weighted by Gasteiger charge is -2.26. The van der Waals surface area contributed by atoms with Gasteiger partial charge in [0, 0.05) is 31.1 Å². The summed E-state index contributed by atoms with van der Waals surface area (Å²) in [7, 11) is 0. The third kappa shape index (κ3) is 3.36. The molecule has 3 rings (SSSR count). The highest BCUT2D eigenvalue weighted by molar-refractivity contribution is 5.85. The Kier molecular flexibility index (Phi) is 4.53. The van der Waals surface area contributed by atoms with E-state index < -0.39 is 11.7 Å². The van der Waals surface area contributed by atoms with E-state index in [9.17, 15) is 13.2 Å². The van der Waals surface area contributed by atoms with Crippen LogP contribution in [0.3, 0.4) is 0 Å². The van der Waals surface area contributed by atoms with Gasteiger partial charge in [0.05, 0.1) is 11.8 Å². The third-order valence-corrected chi connectivity index (χ3v) is 3.36. The van der Waals surface area contributed by atoms with Crippen LogP contribution in [0.1, 0.15) is 5.56 Å². The van der Waals surface area contributed by atoms with E-state index in [-0.39, 0.29) is 23.7 Å². The molecule has 0 saturated carbocycles. The highest BCUT2D eigenvalue weighted by Crippen LogP contribution is 2.36. The van der Waals surface area contributed by atoms with Crippen LogP contribution in [0, 0.1) is 5.92 Å². The first kappa shape index (κ1) is 15.8. The van der Waals surface area contributed by atoms with Crippen molar-refractivity contribution in [1.82, 2.24) is 20.3 Å². The molecule has 1 aromatic heterocycles. The van der Waals surface area contributed by atoms with Crippen molar-refractivity contribution in [2.45, 2.75) is 12.7 Å². The van der Waals surface area contributed by atoms with E-state index in [0.29, 0.717) is 12.5 Å². The van der Waals surface area contributed by atoms with Gasteiger partial charge in [0.25, 0.3) is 0 Å². The van der Waals surface area contributed by atoms with Crippen molar-refractivity contribution in [3.63, 3.8) is 0 Å². The lowest BCUT2D eigenvalue weighted by atomic mass is 10.0. The van der Waals surface area contributed by atoms with Crippen LogP contribution in [0.4, 0.5) is 13.2 Å². The van der Waals surface area contributed by atoms with Gasteiger partial charge in [-0.1, -0.05) is 23.4 Å². The average Bonchev–Trinajstić information content (AvgIpc) is 2.81. The maximum Gasteiger partial charge on any atom is 0.417 e. The van der Waals surface area contributed by atoms with Crippen molar-refractivity contribution in [2.75, 3.05) is 13.1 Å². The molecule has 1 fully saturated rings. The van der Waals surface area contributed by atoms with Crippen molar-refractivity contribution >= 4 is 12.4 Å². The minimum atomic E-state index is -4.39. The van der Waals surface area contributed by atoms with E-state index in [1.165, 1.54) is 12.1 Å². The van der Waals surface area contributed by atoms with Gasteiger partial charge >= 0.3 is 6.18 Å². The fourth-order valence-electron chi connectivity index (χ4n) is 2.21. The second-order valence-electron chi connectivity index (χ2n) is 4.89. The van der Waals surface area contributed by atoms with Crippen LogP contribution >= 0.6 is 12.4 Å². The molecule has 0 radical (unpaired) electrons. The van der Waals surface area contributed by atoms with Crippen LogP contribution < -0.4 is 5.32 Å². The number of benzene rings is 1. The Balaban J connectivity index is 0.00000161. The summed E-state index contributed by atoms with van der Waals surface area (Å²) in [6, 6.07) is 5.42. The fourth-order valence-corrected chi connectivity index (χ4v) is 2.21. The molecule has 21 heavy (non-hydrogen) atoms. The minimum absolute atomic E-state index is 0. The number of alkyl halides is 3. The summed E-state index contributed by atoms with van der Waals surface area (Å²) in [5, 5.41) is 10.9. The maximum atomic E-state index is 13.0. The molecule has 0 spiro atoms. The van der Waals surface area contributed by atoms with Crippen LogP contribution in [0.5, 0.6) is 0 Å². The Morgan fingerprint density at radius 3 is 2.57 bits per heavy atom. The van der Waals surface area contributed by atoms with E-state index >= 15 is 0 Å². The molecule has 1 aromatic carbocycles. The molecular weight excluding hydrogens is 305 g/mol. The maximum absolute atomic E-state index is 13.0. The lowest BCUT2D eigenvalue weighted by Crippen LogP contribution is -2.44. The summed E-state index contributed by atoms with van der Waals surface area (Å²) >= 11 is 0. The van der Waals surface area contributed by atoms with E-state index in [4.69, 9.17) is 0 Å². The molecule has 0 amide bonds. The topological polar surface area (TPSA) is 42.7 Å². The number of aromatic nitrogens is 3. The van der Waals surface area contributed by atoms with Gasteiger partial charge in [-0.15, -0.1) is 17.5 Å². The van der Waals surface area contributed by atoms with Crippen LogP contribution in [0.25, 0.3) is 11.3 Å². The Hall–Kier alpha value is -1.60. The molecule has 1 N–H and O–H groups in total. The van der Waals surface area contributed by atoms with Gasteiger partial charge < -0.3 is 5.32 Å². The van der Waals surface area contributed by atoms with Crippen LogP contribution in [-0.4, -0.2) is 28.1 Å². The molecule has 2 aromatic rings. The SMILES string of the molecule is Cl.FC(F)(F)c1ccccc1-c1cn(CC2CNC2)nn1. The van der Waals surface area contributed by atoms with Crippen molar-refractivity contribution in [1.29, 1.82) is 0 Å². The molecule has 1 saturated heterocycles. The number of nitrogens with zero attached hydrogens (tertiary/aromatic N) is 3. The first-order valence-electron chi connectivity index (χ1n) is 6.31. The van der Waals surface area contributed by atoms with Gasteiger partial charge in [0.1, 0.15) is 5.69 Å². The lowest BCUT2D eigenvalue weighted by molar-refractivity contribution is -0.137. The summed E-state index contributed by atoms with van der Waals surface area (Å²) in [5.41, 5.74) is -0.361. The molecular formula is C13H14ClF3N4. The first-order valence-corrected chi connectivity index (χ1v) is 6.31. The highest BCUT2D eigenvalue weighted by Gasteiger charge is 2.34. The summed E-state index contributed by atoms with van der Waals surface area (Å²) in [6.07, 6.45) is -2.82. The van der Waals surface area contributed by atoms with Crippen LogP contribution in [0.15, 0.2) is 30.5 Å². The quantitative estimate of drug-likeness (QED) is 0.946. The van der Waals surface area contributed by atoms with Gasteiger partial charge in [-0.3, -0.25) is 4.68 Å². The summed E-state index contributed by atoms with van der Waals surface area (Å²) < 4.78 is 40.5. The first-order chi connectivity index (χ1) is 9.54. The van der Waals surface area contributed by atoms with Crippen molar-refractivity contribution < 1.29 is 13.2 Å². The standard InChI is InChI=1S/C13H13F3N4.ClH/c14-13(15,16)11-4-2-1-3-10(11)12-8-20(19-18-12)7-9-5-17-6-9;/h1-4,8-9,17H,5-7H2;1H. The molecule has 0 bridgehead atoms. The molecule has 114 valence electrons. The number of hydrogen-bond acceptors (Lipinski definition) is 3. The molecule has 1 aliphatic rings. The van der Waals surface area contributed by atoms with Crippen molar-refractivity contribution in [2.24, 2.45) is 5.92 Å². The third-order valence-electron chi connectivity index (χ3n) is 3.36. The van der Waals surface area contributed by atoms with Crippen molar-refractivity contribution in [3.05, 3.63) is 36.0 Å². The van der Waals surface area contributed by atoms with E-state index in [1.807, 2.05) is 0 Å². The Labute approximate surface area is 125 Å². The second-order valence-corrected chi connectivity index (χ2v) is 4.89. The predicted molar refractivity (Wildman–Crippen MR) is 74.1 cm³/mol. The zero-order valence-corrected chi connectivity index (χ0v) is 11.8. The van der Waals surface area contributed by atoms with E-state index in [0.717, 1.165) is 19.2 Å². The van der Waals surface area contributed by atoms with Crippen molar-refractivity contribution in [3.8, 4) is 11.3 Å². The number of halogens is 4. The second kappa shape index (κ2) is 6.03. The average molecular weight is 319 g/mol. The van der Waals surface area contributed by atoms with Gasteiger partial charge in [0.15, 0.2) is 0 Å². The molecule has 1 aliphatic heterocycles. The predicted octanol–water partition coefficient (Wildman–Crippen LogP) is 2.61.